The van der Waals surface area contributed by atoms with Crippen LogP contribution in [0.25, 0.3) is 0 Å². The number of halogens is 1. The highest BCUT2D eigenvalue weighted by molar-refractivity contribution is 14.1. The number of fused-ring (bicyclic) bond motifs is 1. The van der Waals surface area contributed by atoms with E-state index in [4.69, 9.17) is 4.74 Å². The van der Waals surface area contributed by atoms with E-state index in [1.165, 1.54) is 7.11 Å². The third-order valence-electron chi connectivity index (χ3n) is 2.04. The Balaban J connectivity index is 2.40. The van der Waals surface area contributed by atoms with Crippen LogP contribution in [0.15, 0.2) is 31.4 Å². The fourth-order valence-electron chi connectivity index (χ4n) is 1.37. The molecule has 14 heavy (non-hydrogen) atoms. The van der Waals surface area contributed by atoms with Gasteiger partial charge in [-0.2, -0.15) is 0 Å². The fraction of sp³-hybridized carbons (Fsp3) is 0.222. The van der Waals surface area contributed by atoms with Gasteiger partial charge in [-0.25, -0.2) is 9.98 Å². The molecule has 4 nitrogen and oxygen atoms in total. The van der Waals surface area contributed by atoms with Gasteiger partial charge in [-0.3, -0.25) is 4.79 Å². The minimum Gasteiger partial charge on any atom is -0.468 e. The average molecular weight is 302 g/mol. The van der Waals surface area contributed by atoms with E-state index in [-0.39, 0.29) is 11.9 Å². The van der Waals surface area contributed by atoms with E-state index in [9.17, 15) is 4.79 Å². The summed E-state index contributed by atoms with van der Waals surface area (Å²) in [5.41, 5.74) is 0.847. The number of aliphatic imine (C=N–C) groups is 2. The molecule has 0 aromatic heterocycles. The zero-order valence-electron chi connectivity index (χ0n) is 7.40. The van der Waals surface area contributed by atoms with Crippen molar-refractivity contribution >= 4 is 40.6 Å². The molecule has 0 amide bonds. The number of rotatable bonds is 1. The van der Waals surface area contributed by atoms with Crippen molar-refractivity contribution in [2.45, 2.75) is 0 Å². The molecule has 0 spiro atoms. The second-order valence-electron chi connectivity index (χ2n) is 2.81. The number of carbonyl (C=O) groups excluding carboxylic acids is 1. The maximum Gasteiger partial charge on any atom is 0.317 e. The summed E-state index contributed by atoms with van der Waals surface area (Å²) in [4.78, 5) is 19.6. The first-order chi connectivity index (χ1) is 6.74. The van der Waals surface area contributed by atoms with E-state index in [2.05, 4.69) is 32.6 Å². The second kappa shape index (κ2) is 3.64. The molecular weight excluding hydrogens is 295 g/mol. The molecule has 0 aromatic carbocycles. The average Bonchev–Trinajstić information content (AvgIpc) is 2.59. The van der Waals surface area contributed by atoms with E-state index in [1.54, 1.807) is 18.5 Å². The lowest BCUT2D eigenvalue weighted by atomic mass is 9.97. The molecule has 2 aliphatic rings. The highest BCUT2D eigenvalue weighted by Gasteiger charge is 2.31. The van der Waals surface area contributed by atoms with Crippen LogP contribution in [0.2, 0.25) is 0 Å². The van der Waals surface area contributed by atoms with Gasteiger partial charge in [0.25, 0.3) is 0 Å². The fourth-order valence-corrected chi connectivity index (χ4v) is 2.09. The van der Waals surface area contributed by atoms with Crippen LogP contribution < -0.4 is 0 Å². The van der Waals surface area contributed by atoms with Crippen LogP contribution in [0.1, 0.15) is 0 Å². The molecule has 72 valence electrons. The van der Waals surface area contributed by atoms with E-state index in [0.29, 0.717) is 5.84 Å². The summed E-state index contributed by atoms with van der Waals surface area (Å²) in [5.74, 6) is -0.0162. The van der Waals surface area contributed by atoms with Gasteiger partial charge in [0.05, 0.1) is 7.11 Å². The van der Waals surface area contributed by atoms with Gasteiger partial charge in [0.2, 0.25) is 0 Å². The number of hydrogen-bond acceptors (Lipinski definition) is 4. The summed E-state index contributed by atoms with van der Waals surface area (Å²) in [6.07, 6.45) is 5.02. The van der Waals surface area contributed by atoms with Crippen LogP contribution in [0.3, 0.4) is 0 Å². The second-order valence-corrected chi connectivity index (χ2v) is 3.98. The monoisotopic (exact) mass is 302 g/mol. The van der Waals surface area contributed by atoms with Crippen molar-refractivity contribution in [3.8, 4) is 0 Å². The molecule has 0 saturated heterocycles. The Hall–Kier alpha value is -0.980. The standard InChI is InChI=1S/C9H7IN2O2/c1-14-9(13)5-2-3-11-8-7(5)6(10)4-12-8/h2-5H,1H3/t5-/m0/s1. The molecule has 0 bridgehead atoms. The smallest absolute Gasteiger partial charge is 0.317 e. The predicted octanol–water partition coefficient (Wildman–Crippen LogP) is 1.47. The number of hydrogen-bond donors (Lipinski definition) is 0. The summed E-state index contributed by atoms with van der Waals surface area (Å²) in [6.45, 7) is 0. The number of carbonyl (C=O) groups is 1. The van der Waals surface area contributed by atoms with Crippen LogP contribution in [0, 0.1) is 5.92 Å². The normalized spacial score (nSPS) is 23.6. The number of nitrogens with zero attached hydrogens (tertiary/aromatic N) is 2. The van der Waals surface area contributed by atoms with Gasteiger partial charge < -0.3 is 4.74 Å². The van der Waals surface area contributed by atoms with Crippen LogP contribution in [-0.4, -0.2) is 25.1 Å². The molecule has 0 fully saturated rings. The lowest BCUT2D eigenvalue weighted by Crippen LogP contribution is -2.21. The Morgan fingerprint density at radius 1 is 1.64 bits per heavy atom. The Kier molecular flexibility index (Phi) is 2.49. The largest absolute Gasteiger partial charge is 0.468 e. The van der Waals surface area contributed by atoms with Crippen LogP contribution >= 0.6 is 22.6 Å². The molecule has 2 aliphatic heterocycles. The number of methoxy groups -OCH3 is 1. The number of allylic oxidation sites excluding steroid dienone is 1. The van der Waals surface area contributed by atoms with Crippen molar-refractivity contribution in [3.63, 3.8) is 0 Å². The summed E-state index contributed by atoms with van der Waals surface area (Å²) in [6, 6.07) is 0. The van der Waals surface area contributed by atoms with Crippen molar-refractivity contribution < 1.29 is 9.53 Å². The molecule has 0 radical (unpaired) electrons. The molecule has 0 aromatic rings. The number of amidine groups is 1. The number of ether oxygens (including phenoxy) is 1. The van der Waals surface area contributed by atoms with Crippen molar-refractivity contribution in [1.82, 2.24) is 0 Å². The van der Waals surface area contributed by atoms with E-state index < -0.39 is 0 Å². The van der Waals surface area contributed by atoms with Gasteiger partial charge in [0.15, 0.2) is 5.84 Å². The van der Waals surface area contributed by atoms with Crippen LogP contribution in [0.5, 0.6) is 0 Å². The molecule has 5 heteroatoms. The summed E-state index contributed by atoms with van der Waals surface area (Å²) in [7, 11) is 1.38. The Morgan fingerprint density at radius 3 is 3.14 bits per heavy atom. The number of esters is 1. The highest BCUT2D eigenvalue weighted by atomic mass is 127. The van der Waals surface area contributed by atoms with Crippen molar-refractivity contribution in [1.29, 1.82) is 0 Å². The van der Waals surface area contributed by atoms with Gasteiger partial charge in [0.1, 0.15) is 5.92 Å². The lowest BCUT2D eigenvalue weighted by Gasteiger charge is -2.14. The molecule has 2 heterocycles. The maximum atomic E-state index is 11.4. The van der Waals surface area contributed by atoms with Crippen LogP contribution in [0.4, 0.5) is 0 Å². The van der Waals surface area contributed by atoms with Gasteiger partial charge in [0, 0.05) is 21.6 Å². The summed E-state index contributed by atoms with van der Waals surface area (Å²) in [5, 5.41) is 0. The Morgan fingerprint density at radius 2 is 2.43 bits per heavy atom. The molecule has 2 rings (SSSR count). The Labute approximate surface area is 94.6 Å². The van der Waals surface area contributed by atoms with Crippen molar-refractivity contribution in [2.75, 3.05) is 7.11 Å². The first kappa shape index (κ1) is 9.57. The zero-order valence-corrected chi connectivity index (χ0v) is 9.56. The SMILES string of the molecule is COC(=O)[C@H]1C=CN=C2N=CC(I)=C21. The third kappa shape index (κ3) is 1.41. The third-order valence-corrected chi connectivity index (χ3v) is 2.90. The summed E-state index contributed by atoms with van der Waals surface area (Å²) < 4.78 is 5.65. The minimum atomic E-state index is -0.359. The zero-order chi connectivity index (χ0) is 10.1. The topological polar surface area (TPSA) is 51.0 Å². The highest BCUT2D eigenvalue weighted by Crippen LogP contribution is 2.30. The maximum absolute atomic E-state index is 11.4. The first-order valence-corrected chi connectivity index (χ1v) is 5.08. The molecule has 0 unspecified atom stereocenters. The van der Waals surface area contributed by atoms with E-state index >= 15 is 0 Å². The van der Waals surface area contributed by atoms with Gasteiger partial charge in [-0.15, -0.1) is 0 Å². The quantitative estimate of drug-likeness (QED) is 0.544. The van der Waals surface area contributed by atoms with Crippen molar-refractivity contribution in [3.05, 3.63) is 21.4 Å². The van der Waals surface area contributed by atoms with Crippen molar-refractivity contribution in [2.24, 2.45) is 15.9 Å². The minimum absolute atomic E-state index is 0.275. The Bertz CT molecular complexity index is 407. The van der Waals surface area contributed by atoms with E-state index in [0.717, 1.165) is 9.15 Å². The van der Waals surface area contributed by atoms with Gasteiger partial charge in [-0.1, -0.05) is 0 Å². The molecule has 1 atom stereocenters. The van der Waals surface area contributed by atoms with Gasteiger partial charge >= 0.3 is 5.97 Å². The van der Waals surface area contributed by atoms with Gasteiger partial charge in [-0.05, 0) is 28.7 Å². The predicted molar refractivity (Wildman–Crippen MR) is 61.6 cm³/mol. The van der Waals surface area contributed by atoms with Crippen LogP contribution in [-0.2, 0) is 9.53 Å². The lowest BCUT2D eigenvalue weighted by molar-refractivity contribution is -0.142. The summed E-state index contributed by atoms with van der Waals surface area (Å²) >= 11 is 2.14. The van der Waals surface area contributed by atoms with E-state index in [1.807, 2.05) is 0 Å². The molecule has 0 aliphatic carbocycles. The molecule has 0 saturated carbocycles. The molecule has 0 N–H and O–H groups in total. The molecular formula is C9H7IN2O2. The first-order valence-electron chi connectivity index (χ1n) is 4.00.